The van der Waals surface area contributed by atoms with Crippen LogP contribution in [0.2, 0.25) is 10.2 Å². The number of hydrogen-bond acceptors (Lipinski definition) is 1. The number of halogens is 2. The molecule has 0 saturated heterocycles. The van der Waals surface area contributed by atoms with E-state index in [2.05, 4.69) is 6.92 Å². The van der Waals surface area contributed by atoms with Crippen LogP contribution in [0.1, 0.15) is 35.8 Å². The quantitative estimate of drug-likeness (QED) is 0.762. The third-order valence-corrected chi connectivity index (χ3v) is 5.43. The molecule has 1 aliphatic carbocycles. The zero-order chi connectivity index (χ0) is 16.6. The van der Waals surface area contributed by atoms with Crippen LogP contribution in [-0.4, -0.2) is 21.4 Å². The standard InChI is InChI=1S/C18H20Cl2N2O/c1-12(14-8-9-14)22(11-13-6-4-3-5-7-13)18(23)16-10-15(19)17(20)21(16)2/h3-7,10,12,14H,8-9,11H2,1-2H3. The average Bonchev–Trinajstić information content (AvgIpc) is 3.37. The van der Waals surface area contributed by atoms with Crippen LogP contribution in [0.15, 0.2) is 36.4 Å². The Morgan fingerprint density at radius 2 is 1.96 bits per heavy atom. The van der Waals surface area contributed by atoms with Gasteiger partial charge in [-0.2, -0.15) is 0 Å². The maximum atomic E-state index is 13.1. The van der Waals surface area contributed by atoms with Crippen molar-refractivity contribution in [2.24, 2.45) is 13.0 Å². The minimum Gasteiger partial charge on any atom is -0.330 e. The van der Waals surface area contributed by atoms with Gasteiger partial charge in [0.05, 0.1) is 5.02 Å². The number of carbonyl (C=O) groups excluding carboxylic acids is 1. The zero-order valence-corrected chi connectivity index (χ0v) is 14.8. The molecule has 1 unspecified atom stereocenters. The van der Waals surface area contributed by atoms with Crippen LogP contribution >= 0.6 is 23.2 Å². The lowest BCUT2D eigenvalue weighted by Gasteiger charge is -2.30. The molecule has 1 fully saturated rings. The van der Waals surface area contributed by atoms with Crippen molar-refractivity contribution >= 4 is 29.1 Å². The number of carbonyl (C=O) groups is 1. The number of benzene rings is 1. The van der Waals surface area contributed by atoms with Gasteiger partial charge in [0.15, 0.2) is 0 Å². The van der Waals surface area contributed by atoms with Crippen LogP contribution in [0.4, 0.5) is 0 Å². The van der Waals surface area contributed by atoms with Crippen molar-refractivity contribution in [3.63, 3.8) is 0 Å². The number of hydrogen-bond donors (Lipinski definition) is 0. The molecule has 5 heteroatoms. The van der Waals surface area contributed by atoms with Crippen molar-refractivity contribution in [2.45, 2.75) is 32.4 Å². The summed E-state index contributed by atoms with van der Waals surface area (Å²) in [5.74, 6) is 0.568. The van der Waals surface area contributed by atoms with E-state index >= 15 is 0 Å². The van der Waals surface area contributed by atoms with E-state index in [0.29, 0.717) is 28.3 Å². The van der Waals surface area contributed by atoms with Gasteiger partial charge in [-0.25, -0.2) is 0 Å². The van der Waals surface area contributed by atoms with Crippen LogP contribution in [0.3, 0.4) is 0 Å². The molecule has 1 atom stereocenters. The molecule has 0 bridgehead atoms. The smallest absolute Gasteiger partial charge is 0.271 e. The second-order valence-electron chi connectivity index (χ2n) is 6.22. The first kappa shape index (κ1) is 16.4. The van der Waals surface area contributed by atoms with E-state index in [9.17, 15) is 4.79 Å². The van der Waals surface area contributed by atoms with Gasteiger partial charge in [0, 0.05) is 19.6 Å². The van der Waals surface area contributed by atoms with Crippen molar-refractivity contribution in [3.8, 4) is 0 Å². The molecule has 1 amide bonds. The highest BCUT2D eigenvalue weighted by Crippen LogP contribution is 2.36. The highest BCUT2D eigenvalue weighted by molar-refractivity contribution is 6.41. The molecule has 1 aliphatic rings. The summed E-state index contributed by atoms with van der Waals surface area (Å²) in [6.45, 7) is 2.72. The summed E-state index contributed by atoms with van der Waals surface area (Å²) in [4.78, 5) is 15.0. The van der Waals surface area contributed by atoms with E-state index in [1.807, 2.05) is 35.2 Å². The summed E-state index contributed by atoms with van der Waals surface area (Å²) >= 11 is 12.2. The van der Waals surface area contributed by atoms with Gasteiger partial charge in [-0.15, -0.1) is 0 Å². The van der Waals surface area contributed by atoms with Gasteiger partial charge < -0.3 is 9.47 Å². The highest BCUT2D eigenvalue weighted by atomic mass is 35.5. The molecule has 1 heterocycles. The first-order valence-electron chi connectivity index (χ1n) is 7.84. The Balaban J connectivity index is 1.90. The van der Waals surface area contributed by atoms with Gasteiger partial charge in [-0.05, 0) is 37.3 Å². The SMILES string of the molecule is CC(C1CC1)N(Cc1ccccc1)C(=O)c1cc(Cl)c(Cl)n1C. The lowest BCUT2D eigenvalue weighted by molar-refractivity contribution is 0.0644. The third-order valence-electron chi connectivity index (χ3n) is 4.59. The van der Waals surface area contributed by atoms with Crippen LogP contribution < -0.4 is 0 Å². The molecule has 3 rings (SSSR count). The van der Waals surface area contributed by atoms with Crippen LogP contribution in [0, 0.1) is 5.92 Å². The third kappa shape index (κ3) is 3.41. The fourth-order valence-corrected chi connectivity index (χ4v) is 3.28. The topological polar surface area (TPSA) is 25.2 Å². The molecule has 0 radical (unpaired) electrons. The maximum Gasteiger partial charge on any atom is 0.271 e. The molecule has 0 aliphatic heterocycles. The minimum absolute atomic E-state index is 0.0236. The Morgan fingerprint density at radius 1 is 1.30 bits per heavy atom. The fourth-order valence-electron chi connectivity index (χ4n) is 2.91. The Labute approximate surface area is 146 Å². The van der Waals surface area contributed by atoms with Gasteiger partial charge in [-0.3, -0.25) is 4.79 Å². The van der Waals surface area contributed by atoms with Crippen molar-refractivity contribution in [2.75, 3.05) is 0 Å². The predicted molar refractivity (Wildman–Crippen MR) is 93.9 cm³/mol. The second kappa shape index (κ2) is 6.58. The molecule has 3 nitrogen and oxygen atoms in total. The maximum absolute atomic E-state index is 13.1. The summed E-state index contributed by atoms with van der Waals surface area (Å²) < 4.78 is 1.66. The normalized spacial score (nSPS) is 15.5. The summed E-state index contributed by atoms with van der Waals surface area (Å²) in [5.41, 5.74) is 1.66. The van der Waals surface area contributed by atoms with E-state index in [0.717, 1.165) is 5.56 Å². The largest absolute Gasteiger partial charge is 0.330 e. The Morgan fingerprint density at radius 3 is 2.48 bits per heavy atom. The van der Waals surface area contributed by atoms with Gasteiger partial charge in [0.1, 0.15) is 10.8 Å². The lowest BCUT2D eigenvalue weighted by Crippen LogP contribution is -2.40. The number of rotatable bonds is 5. The van der Waals surface area contributed by atoms with Gasteiger partial charge in [-0.1, -0.05) is 53.5 Å². The number of aromatic nitrogens is 1. The molecule has 1 saturated carbocycles. The van der Waals surface area contributed by atoms with E-state index in [4.69, 9.17) is 23.2 Å². The van der Waals surface area contributed by atoms with Crippen LogP contribution in [0.5, 0.6) is 0 Å². The summed E-state index contributed by atoms with van der Waals surface area (Å²) in [5, 5.41) is 0.810. The Kier molecular flexibility index (Phi) is 4.69. The van der Waals surface area contributed by atoms with Crippen LogP contribution in [0.25, 0.3) is 0 Å². The molecule has 122 valence electrons. The van der Waals surface area contributed by atoms with E-state index < -0.39 is 0 Å². The molecule has 1 aromatic heterocycles. The first-order valence-corrected chi connectivity index (χ1v) is 8.60. The molecule has 23 heavy (non-hydrogen) atoms. The zero-order valence-electron chi connectivity index (χ0n) is 13.3. The van der Waals surface area contributed by atoms with E-state index in [-0.39, 0.29) is 11.9 Å². The Bertz CT molecular complexity index is 707. The van der Waals surface area contributed by atoms with E-state index in [1.54, 1.807) is 17.7 Å². The summed E-state index contributed by atoms with van der Waals surface area (Å²) in [6, 6.07) is 11.9. The summed E-state index contributed by atoms with van der Waals surface area (Å²) in [6.07, 6.45) is 2.38. The first-order chi connectivity index (χ1) is 11.0. The highest BCUT2D eigenvalue weighted by Gasteiger charge is 2.35. The van der Waals surface area contributed by atoms with Crippen molar-refractivity contribution < 1.29 is 4.79 Å². The van der Waals surface area contributed by atoms with Crippen LogP contribution in [-0.2, 0) is 13.6 Å². The van der Waals surface area contributed by atoms with Gasteiger partial charge in [0.2, 0.25) is 0 Å². The molecule has 0 N–H and O–H groups in total. The van der Waals surface area contributed by atoms with Crippen molar-refractivity contribution in [1.82, 2.24) is 9.47 Å². The fraction of sp³-hybridized carbons (Fsp3) is 0.389. The van der Waals surface area contributed by atoms with Crippen molar-refractivity contribution in [3.05, 3.63) is 57.8 Å². The molecule has 2 aromatic rings. The molecular formula is C18H20Cl2N2O. The minimum atomic E-state index is -0.0236. The summed E-state index contributed by atoms with van der Waals surface area (Å²) in [7, 11) is 1.77. The van der Waals surface area contributed by atoms with Gasteiger partial charge >= 0.3 is 0 Å². The van der Waals surface area contributed by atoms with Crippen molar-refractivity contribution in [1.29, 1.82) is 0 Å². The Hall–Kier alpha value is -1.45. The number of amides is 1. The average molecular weight is 351 g/mol. The molecule has 1 aromatic carbocycles. The predicted octanol–water partition coefficient (Wildman–Crippen LogP) is 4.77. The number of nitrogens with zero attached hydrogens (tertiary/aromatic N) is 2. The van der Waals surface area contributed by atoms with Gasteiger partial charge in [0.25, 0.3) is 5.91 Å². The molecular weight excluding hydrogens is 331 g/mol. The lowest BCUT2D eigenvalue weighted by atomic mass is 10.1. The second-order valence-corrected chi connectivity index (χ2v) is 6.99. The van der Waals surface area contributed by atoms with E-state index in [1.165, 1.54) is 12.8 Å². The molecule has 0 spiro atoms. The monoisotopic (exact) mass is 350 g/mol.